The van der Waals surface area contributed by atoms with Crippen LogP contribution in [0.5, 0.6) is 0 Å². The number of amidine groups is 1. The minimum atomic E-state index is -0.422. The van der Waals surface area contributed by atoms with Gasteiger partial charge in [0.05, 0.1) is 0 Å². The third-order valence-corrected chi connectivity index (χ3v) is 4.90. The van der Waals surface area contributed by atoms with Gasteiger partial charge in [0.25, 0.3) is 5.91 Å². The van der Waals surface area contributed by atoms with Crippen LogP contribution < -0.4 is 10.6 Å². The highest BCUT2D eigenvalue weighted by molar-refractivity contribution is 8.13. The number of carbonyl (C=O) groups excluding carboxylic acids is 1. The van der Waals surface area contributed by atoms with E-state index in [1.807, 2.05) is 54.4 Å². The van der Waals surface area contributed by atoms with Crippen LogP contribution in [-0.2, 0) is 4.79 Å². The molecule has 4 rings (SSSR count). The van der Waals surface area contributed by atoms with Gasteiger partial charge < -0.3 is 10.6 Å². The summed E-state index contributed by atoms with van der Waals surface area (Å²) >= 11 is 1.54. The van der Waals surface area contributed by atoms with Gasteiger partial charge in [-0.1, -0.05) is 67.2 Å². The molecule has 0 saturated carbocycles. The molecule has 6 heteroatoms. The van der Waals surface area contributed by atoms with Crippen molar-refractivity contribution in [2.45, 2.75) is 19.1 Å². The summed E-state index contributed by atoms with van der Waals surface area (Å²) in [5, 5.41) is 13.7. The van der Waals surface area contributed by atoms with Gasteiger partial charge in [-0.25, -0.2) is 0 Å². The predicted molar refractivity (Wildman–Crippen MR) is 97.5 cm³/mol. The molecule has 2 heterocycles. The molecule has 0 unspecified atom stereocenters. The van der Waals surface area contributed by atoms with E-state index in [9.17, 15) is 4.79 Å². The molecule has 1 amide bonds. The van der Waals surface area contributed by atoms with E-state index in [1.54, 1.807) is 0 Å². The minimum Gasteiger partial charge on any atom is -0.360 e. The Morgan fingerprint density at radius 3 is 2.67 bits per heavy atom. The summed E-state index contributed by atoms with van der Waals surface area (Å²) < 4.78 is 0. The first kappa shape index (κ1) is 15.1. The minimum absolute atomic E-state index is 0.0316. The number of rotatable bonds is 2. The Balaban J connectivity index is 1.83. The first-order valence-electron chi connectivity index (χ1n) is 7.99. The van der Waals surface area contributed by atoms with Crippen LogP contribution in [0.3, 0.4) is 0 Å². The maximum atomic E-state index is 12.8. The second-order valence-electron chi connectivity index (χ2n) is 5.65. The summed E-state index contributed by atoms with van der Waals surface area (Å²) in [5.74, 6) is 0.827. The molecule has 0 bridgehead atoms. The highest BCUT2D eigenvalue weighted by Gasteiger charge is 2.41. The molecule has 2 N–H and O–H groups in total. The summed E-state index contributed by atoms with van der Waals surface area (Å²) in [6.45, 7) is 2.05. The molecular formula is C18H18N4OS. The lowest BCUT2D eigenvalue weighted by Gasteiger charge is -2.43. The summed E-state index contributed by atoms with van der Waals surface area (Å²) in [4.78, 5) is 12.8. The first-order valence-corrected chi connectivity index (χ1v) is 8.97. The van der Waals surface area contributed by atoms with E-state index in [-0.39, 0.29) is 12.1 Å². The number of nitrogens with one attached hydrogen (secondary N) is 2. The highest BCUT2D eigenvalue weighted by atomic mass is 32.2. The maximum absolute atomic E-state index is 12.8. The number of anilines is 1. The van der Waals surface area contributed by atoms with E-state index in [4.69, 9.17) is 5.10 Å². The van der Waals surface area contributed by atoms with Crippen molar-refractivity contribution in [3.63, 3.8) is 0 Å². The number of hydrogen-bond donors (Lipinski definition) is 2. The van der Waals surface area contributed by atoms with Crippen LogP contribution in [0.25, 0.3) is 0 Å². The number of benzene rings is 2. The Labute approximate surface area is 145 Å². The topological polar surface area (TPSA) is 56.7 Å². The number of para-hydroxylation sites is 1. The summed E-state index contributed by atoms with van der Waals surface area (Å²) in [6, 6.07) is 17.6. The van der Waals surface area contributed by atoms with Gasteiger partial charge in [-0.15, -0.1) is 5.10 Å². The number of nitrogens with zero attached hydrogens (tertiary/aromatic N) is 2. The monoisotopic (exact) mass is 338 g/mol. The van der Waals surface area contributed by atoms with Crippen molar-refractivity contribution in [3.8, 4) is 0 Å². The Bertz CT molecular complexity index is 793. The van der Waals surface area contributed by atoms with Crippen molar-refractivity contribution in [2.75, 3.05) is 11.1 Å². The lowest BCUT2D eigenvalue weighted by Crippen LogP contribution is -2.50. The van der Waals surface area contributed by atoms with Crippen LogP contribution in [0, 0.1) is 0 Å². The highest BCUT2D eigenvalue weighted by Crippen LogP contribution is 2.42. The second kappa shape index (κ2) is 6.20. The number of thioether (sulfide) groups is 1. The molecule has 2 aliphatic rings. The van der Waals surface area contributed by atoms with Gasteiger partial charge >= 0.3 is 0 Å². The maximum Gasteiger partial charge on any atom is 0.255 e. The average Bonchev–Trinajstić information content (AvgIpc) is 2.62. The molecule has 24 heavy (non-hydrogen) atoms. The lowest BCUT2D eigenvalue weighted by molar-refractivity contribution is -0.127. The fourth-order valence-corrected chi connectivity index (χ4v) is 3.72. The predicted octanol–water partition coefficient (Wildman–Crippen LogP) is 3.31. The summed E-state index contributed by atoms with van der Waals surface area (Å²) in [7, 11) is 0. The van der Waals surface area contributed by atoms with Crippen molar-refractivity contribution in [2.24, 2.45) is 5.10 Å². The van der Waals surface area contributed by atoms with Gasteiger partial charge in [-0.3, -0.25) is 9.80 Å². The molecule has 5 nitrogen and oxygen atoms in total. The molecule has 0 aliphatic carbocycles. The van der Waals surface area contributed by atoms with E-state index in [0.717, 1.165) is 22.6 Å². The smallest absolute Gasteiger partial charge is 0.255 e. The molecule has 0 fully saturated rings. The van der Waals surface area contributed by atoms with Crippen molar-refractivity contribution >= 4 is 28.5 Å². The van der Waals surface area contributed by atoms with Crippen LogP contribution >= 0.6 is 11.8 Å². The van der Waals surface area contributed by atoms with Gasteiger partial charge in [0.2, 0.25) is 0 Å². The SMILES string of the molecule is CCSC1=NN2[C@H](C(=O)N1)c1ccccc1N[C@H]2c1ccccc1. The molecule has 2 aromatic rings. The second-order valence-corrected chi connectivity index (χ2v) is 6.91. The van der Waals surface area contributed by atoms with Gasteiger partial charge in [-0.05, 0) is 17.4 Å². The molecule has 0 aromatic heterocycles. The fourth-order valence-electron chi connectivity index (χ4n) is 3.13. The normalized spacial score (nSPS) is 22.0. The van der Waals surface area contributed by atoms with Crippen LogP contribution in [0.1, 0.15) is 30.3 Å². The van der Waals surface area contributed by atoms with Crippen LogP contribution in [0.15, 0.2) is 59.7 Å². The van der Waals surface area contributed by atoms with Crippen LogP contribution in [0.2, 0.25) is 0 Å². The van der Waals surface area contributed by atoms with Gasteiger partial charge in [0.15, 0.2) is 11.2 Å². The van der Waals surface area contributed by atoms with E-state index >= 15 is 0 Å². The molecule has 0 saturated heterocycles. The third-order valence-electron chi connectivity index (χ3n) is 4.16. The average molecular weight is 338 g/mol. The summed E-state index contributed by atoms with van der Waals surface area (Å²) in [5.41, 5.74) is 3.01. The van der Waals surface area contributed by atoms with E-state index < -0.39 is 6.04 Å². The zero-order valence-corrected chi connectivity index (χ0v) is 14.1. The fraction of sp³-hybridized carbons (Fsp3) is 0.222. The number of hydrogen-bond acceptors (Lipinski definition) is 5. The van der Waals surface area contributed by atoms with Crippen molar-refractivity contribution in [1.29, 1.82) is 0 Å². The number of hydrazone groups is 1. The molecule has 0 spiro atoms. The molecule has 0 radical (unpaired) electrons. The zero-order chi connectivity index (χ0) is 16.5. The molecule has 122 valence electrons. The van der Waals surface area contributed by atoms with Gasteiger partial charge in [-0.2, -0.15) is 0 Å². The quantitative estimate of drug-likeness (QED) is 0.882. The van der Waals surface area contributed by atoms with Crippen LogP contribution in [-0.4, -0.2) is 21.8 Å². The Morgan fingerprint density at radius 1 is 1.12 bits per heavy atom. The third kappa shape index (κ3) is 2.53. The molecule has 2 aromatic carbocycles. The van der Waals surface area contributed by atoms with Gasteiger partial charge in [0, 0.05) is 11.3 Å². The number of fused-ring (bicyclic) bond motifs is 3. The van der Waals surface area contributed by atoms with E-state index in [2.05, 4.69) is 22.8 Å². The number of carbonyl (C=O) groups is 1. The molecule has 2 aliphatic heterocycles. The first-order chi connectivity index (χ1) is 11.8. The van der Waals surface area contributed by atoms with Crippen LogP contribution in [0.4, 0.5) is 5.69 Å². The van der Waals surface area contributed by atoms with E-state index in [0.29, 0.717) is 5.17 Å². The zero-order valence-electron chi connectivity index (χ0n) is 13.3. The lowest BCUT2D eigenvalue weighted by atomic mass is 9.97. The van der Waals surface area contributed by atoms with Gasteiger partial charge in [0.1, 0.15) is 6.17 Å². The Morgan fingerprint density at radius 2 is 1.88 bits per heavy atom. The molecule has 2 atom stereocenters. The van der Waals surface area contributed by atoms with Crippen molar-refractivity contribution in [3.05, 3.63) is 65.7 Å². The number of amides is 1. The Kier molecular flexibility index (Phi) is 3.90. The van der Waals surface area contributed by atoms with Crippen molar-refractivity contribution in [1.82, 2.24) is 10.3 Å². The van der Waals surface area contributed by atoms with Crippen molar-refractivity contribution < 1.29 is 4.79 Å². The molecular weight excluding hydrogens is 320 g/mol. The van der Waals surface area contributed by atoms with E-state index in [1.165, 1.54) is 11.8 Å². The Hall–Kier alpha value is -2.47. The largest absolute Gasteiger partial charge is 0.360 e. The summed E-state index contributed by atoms with van der Waals surface area (Å²) in [6.07, 6.45) is -0.176. The standard InChI is InChI=1S/C18H18N4OS/c1-2-24-18-20-17(23)15-13-10-6-7-11-14(13)19-16(22(15)21-18)12-8-4-3-5-9-12/h3-11,15-16,19H,2H2,1H3,(H,20,21,23)/t15-,16+/m0/s1.